The summed E-state index contributed by atoms with van der Waals surface area (Å²) in [6, 6.07) is 14.7. The summed E-state index contributed by atoms with van der Waals surface area (Å²) < 4.78 is 30.2. The topological polar surface area (TPSA) is 36.5 Å². The van der Waals surface area contributed by atoms with Crippen LogP contribution in [-0.2, 0) is 0 Å². The Balaban J connectivity index is 1.96. The highest BCUT2D eigenvalue weighted by Gasteiger charge is 2.18. The number of nitrogens with one attached hydrogen (secondary N) is 2. The zero-order chi connectivity index (χ0) is 19.8. The molecule has 0 spiro atoms. The number of halogens is 2. The van der Waals surface area contributed by atoms with Crippen LogP contribution in [0.5, 0.6) is 5.75 Å². The van der Waals surface area contributed by atoms with Crippen molar-refractivity contribution in [1.82, 2.24) is 10.2 Å². The average molecular weight is 412 g/mol. The second-order valence-electron chi connectivity index (χ2n) is 5.96. The number of thioether (sulfide) groups is 1. The van der Waals surface area contributed by atoms with Crippen molar-refractivity contribution in [1.29, 1.82) is 0 Å². The maximum Gasteiger partial charge on any atom is 0.288 e. The van der Waals surface area contributed by atoms with Crippen LogP contribution in [0.1, 0.15) is 11.6 Å². The summed E-state index contributed by atoms with van der Waals surface area (Å²) in [5, 5.41) is 6.74. The minimum Gasteiger partial charge on any atom is -0.496 e. The molecule has 0 aliphatic rings. The summed E-state index contributed by atoms with van der Waals surface area (Å²) in [5.74, 6) is -1.60. The number of anilines is 1. The predicted molar refractivity (Wildman–Crippen MR) is 112 cm³/mol. The molecular formula is C19H23F2N3OS2. The van der Waals surface area contributed by atoms with Gasteiger partial charge in [0.05, 0.1) is 13.2 Å². The van der Waals surface area contributed by atoms with E-state index in [1.54, 1.807) is 31.4 Å². The van der Waals surface area contributed by atoms with Crippen LogP contribution in [0, 0.1) is 0 Å². The molecule has 0 bridgehead atoms. The molecule has 27 heavy (non-hydrogen) atoms. The van der Waals surface area contributed by atoms with Crippen LogP contribution in [0.3, 0.4) is 0 Å². The molecule has 2 rings (SSSR count). The highest BCUT2D eigenvalue weighted by molar-refractivity contribution is 7.99. The third-order valence-electron chi connectivity index (χ3n) is 3.91. The fourth-order valence-corrected chi connectivity index (χ4v) is 3.30. The monoisotopic (exact) mass is 411 g/mol. The molecule has 2 aromatic carbocycles. The summed E-state index contributed by atoms with van der Waals surface area (Å²) in [7, 11) is 5.64. The van der Waals surface area contributed by atoms with Crippen molar-refractivity contribution < 1.29 is 13.5 Å². The van der Waals surface area contributed by atoms with Gasteiger partial charge in [-0.15, -0.1) is 0 Å². The van der Waals surface area contributed by atoms with E-state index in [0.29, 0.717) is 28.3 Å². The van der Waals surface area contributed by atoms with Crippen molar-refractivity contribution in [2.75, 3.05) is 33.1 Å². The molecular weight excluding hydrogens is 388 g/mol. The van der Waals surface area contributed by atoms with E-state index >= 15 is 0 Å². The lowest BCUT2D eigenvalue weighted by atomic mass is 10.0. The number of benzene rings is 2. The Hall–Kier alpha value is -1.90. The molecule has 0 radical (unpaired) electrons. The number of methoxy groups -OCH3 is 1. The molecule has 0 unspecified atom stereocenters. The number of hydrogen-bond donors (Lipinski definition) is 2. The standard InChI is InChI=1S/C19H23F2N3OS2/c1-24(2)16(15-6-4-5-7-17(15)25-3)12-22-19(26)23-13-8-10-14(11-9-13)27-18(20)21/h4-11,16,18H,12H2,1-3H3,(H2,22,23,26)/t16-/m1/s1. The molecule has 0 heterocycles. The predicted octanol–water partition coefficient (Wildman–Crippen LogP) is 4.60. The van der Waals surface area contributed by atoms with E-state index in [1.165, 1.54) is 0 Å². The number of likely N-dealkylation sites (N-methyl/N-ethyl adjacent to an activating group) is 1. The highest BCUT2D eigenvalue weighted by Crippen LogP contribution is 2.28. The van der Waals surface area contributed by atoms with Crippen LogP contribution >= 0.6 is 24.0 Å². The molecule has 2 N–H and O–H groups in total. The summed E-state index contributed by atoms with van der Waals surface area (Å²) >= 11 is 5.88. The molecule has 146 valence electrons. The molecule has 0 aromatic heterocycles. The van der Waals surface area contributed by atoms with E-state index in [4.69, 9.17) is 17.0 Å². The summed E-state index contributed by atoms with van der Waals surface area (Å²) in [5.41, 5.74) is 1.80. The molecule has 0 aliphatic heterocycles. The fourth-order valence-electron chi connectivity index (χ4n) is 2.60. The second-order valence-corrected chi connectivity index (χ2v) is 7.43. The minimum absolute atomic E-state index is 0.0608. The number of para-hydroxylation sites is 1. The number of nitrogens with zero attached hydrogens (tertiary/aromatic N) is 1. The molecule has 0 amide bonds. The van der Waals surface area contributed by atoms with Crippen molar-refractivity contribution in [3.63, 3.8) is 0 Å². The average Bonchev–Trinajstić information content (AvgIpc) is 2.63. The van der Waals surface area contributed by atoms with Gasteiger partial charge in [-0.25, -0.2) is 0 Å². The van der Waals surface area contributed by atoms with Gasteiger partial charge in [0.1, 0.15) is 5.75 Å². The van der Waals surface area contributed by atoms with Crippen molar-refractivity contribution in [2.24, 2.45) is 0 Å². The zero-order valence-electron chi connectivity index (χ0n) is 15.4. The molecule has 8 heteroatoms. The van der Waals surface area contributed by atoms with Gasteiger partial charge >= 0.3 is 0 Å². The van der Waals surface area contributed by atoms with E-state index in [0.717, 1.165) is 17.0 Å². The molecule has 0 aliphatic carbocycles. The van der Waals surface area contributed by atoms with Gasteiger partial charge in [0.2, 0.25) is 0 Å². The van der Waals surface area contributed by atoms with Gasteiger partial charge in [0, 0.05) is 22.7 Å². The third kappa shape index (κ3) is 6.64. The molecule has 0 fully saturated rings. The first-order chi connectivity index (χ1) is 12.9. The van der Waals surface area contributed by atoms with Crippen LogP contribution in [0.2, 0.25) is 0 Å². The lowest BCUT2D eigenvalue weighted by Gasteiger charge is -2.27. The summed E-state index contributed by atoms with van der Waals surface area (Å²) in [6.07, 6.45) is 0. The van der Waals surface area contributed by atoms with Gasteiger partial charge in [-0.2, -0.15) is 8.78 Å². The maximum absolute atomic E-state index is 12.4. The Morgan fingerprint density at radius 3 is 2.41 bits per heavy atom. The van der Waals surface area contributed by atoms with Crippen LogP contribution in [0.4, 0.5) is 14.5 Å². The Bertz CT molecular complexity index is 742. The highest BCUT2D eigenvalue weighted by atomic mass is 32.2. The quantitative estimate of drug-likeness (QED) is 0.488. The molecule has 4 nitrogen and oxygen atoms in total. The number of hydrogen-bond acceptors (Lipinski definition) is 4. The first-order valence-electron chi connectivity index (χ1n) is 8.29. The van der Waals surface area contributed by atoms with Gasteiger partial charge < -0.3 is 20.3 Å². The smallest absolute Gasteiger partial charge is 0.288 e. The van der Waals surface area contributed by atoms with Crippen LogP contribution < -0.4 is 15.4 Å². The van der Waals surface area contributed by atoms with Crippen LogP contribution in [-0.4, -0.2) is 43.5 Å². The molecule has 1 atom stereocenters. The molecule has 0 saturated carbocycles. The largest absolute Gasteiger partial charge is 0.496 e. The van der Waals surface area contributed by atoms with Gasteiger partial charge in [0.15, 0.2) is 5.11 Å². The Labute approximate surface area is 168 Å². The van der Waals surface area contributed by atoms with Crippen molar-refractivity contribution in [3.05, 3.63) is 54.1 Å². The number of alkyl halides is 2. The Morgan fingerprint density at radius 1 is 1.15 bits per heavy atom. The van der Waals surface area contributed by atoms with Crippen molar-refractivity contribution in [3.8, 4) is 5.75 Å². The fraction of sp³-hybridized carbons (Fsp3) is 0.316. The van der Waals surface area contributed by atoms with E-state index in [9.17, 15) is 8.78 Å². The third-order valence-corrected chi connectivity index (χ3v) is 4.88. The summed E-state index contributed by atoms with van der Waals surface area (Å²) in [4.78, 5) is 2.60. The molecule has 2 aromatic rings. The van der Waals surface area contributed by atoms with Crippen molar-refractivity contribution >= 4 is 34.8 Å². The van der Waals surface area contributed by atoms with Gasteiger partial charge in [0.25, 0.3) is 5.76 Å². The first-order valence-corrected chi connectivity index (χ1v) is 9.58. The summed E-state index contributed by atoms with van der Waals surface area (Å²) in [6.45, 7) is 0.582. The van der Waals surface area contributed by atoms with E-state index in [1.807, 2.05) is 38.4 Å². The lowest BCUT2D eigenvalue weighted by molar-refractivity contribution is 0.252. The SMILES string of the molecule is COc1ccccc1[C@@H](CNC(=S)Nc1ccc(SC(F)F)cc1)N(C)C. The zero-order valence-corrected chi connectivity index (χ0v) is 17.0. The lowest BCUT2D eigenvalue weighted by Crippen LogP contribution is -2.36. The van der Waals surface area contributed by atoms with Gasteiger partial charge in [-0.05, 0) is 56.6 Å². The van der Waals surface area contributed by atoms with E-state index in [-0.39, 0.29) is 6.04 Å². The van der Waals surface area contributed by atoms with E-state index < -0.39 is 5.76 Å². The van der Waals surface area contributed by atoms with Crippen LogP contribution in [0.25, 0.3) is 0 Å². The number of thiocarbonyl (C=S) groups is 1. The van der Waals surface area contributed by atoms with Crippen LogP contribution in [0.15, 0.2) is 53.4 Å². The normalized spacial score (nSPS) is 12.1. The first kappa shape index (κ1) is 21.4. The van der Waals surface area contributed by atoms with Gasteiger partial charge in [-0.3, -0.25) is 0 Å². The number of rotatable bonds is 8. The van der Waals surface area contributed by atoms with E-state index in [2.05, 4.69) is 15.5 Å². The minimum atomic E-state index is -2.43. The Morgan fingerprint density at radius 2 is 1.81 bits per heavy atom. The second kappa shape index (κ2) is 10.4. The van der Waals surface area contributed by atoms with Crippen molar-refractivity contribution in [2.45, 2.75) is 16.7 Å². The maximum atomic E-state index is 12.4. The Kier molecular flexibility index (Phi) is 8.27. The number of ether oxygens (including phenoxy) is 1. The molecule has 0 saturated heterocycles. The van der Waals surface area contributed by atoms with Gasteiger partial charge in [-0.1, -0.05) is 30.0 Å².